The number of rotatable bonds is 6. The number of aromatic nitrogens is 1. The van der Waals surface area contributed by atoms with Crippen molar-refractivity contribution in [3.05, 3.63) is 235 Å². The van der Waals surface area contributed by atoms with Crippen molar-refractivity contribution < 1.29 is 0 Å². The molecule has 4 nitrogen and oxygen atoms in total. The van der Waals surface area contributed by atoms with Crippen LogP contribution in [-0.2, 0) is 21.7 Å². The number of para-hydroxylation sites is 2. The molecule has 82 heavy (non-hydrogen) atoms. The number of hydrogen-bond donors (Lipinski definition) is 0. The van der Waals surface area contributed by atoms with E-state index in [0.29, 0.717) is 0 Å². The Morgan fingerprint density at radius 1 is 0.329 bits per heavy atom. The monoisotopic (exact) mass is 1080 g/mol. The van der Waals surface area contributed by atoms with Gasteiger partial charge in [-0.1, -0.05) is 192 Å². The zero-order valence-electron chi connectivity index (χ0n) is 49.5. The van der Waals surface area contributed by atoms with E-state index in [0.717, 1.165) is 28.4 Å². The first-order valence-corrected chi connectivity index (χ1v) is 30.1. The second-order valence-electron chi connectivity index (χ2n) is 27.1. The maximum Gasteiger partial charge on any atom is 0.252 e. The quantitative estimate of drug-likeness (QED) is 0.154. The Morgan fingerprint density at radius 3 is 1.54 bits per heavy atom. The lowest BCUT2D eigenvalue weighted by Gasteiger charge is -2.45. The van der Waals surface area contributed by atoms with Crippen molar-refractivity contribution in [3.8, 4) is 5.69 Å². The van der Waals surface area contributed by atoms with Crippen LogP contribution >= 0.6 is 11.3 Å². The lowest BCUT2D eigenvalue weighted by Crippen LogP contribution is -2.61. The van der Waals surface area contributed by atoms with Gasteiger partial charge in [-0.25, -0.2) is 0 Å². The largest absolute Gasteiger partial charge is 0.311 e. The Bertz CT molecular complexity index is 4500. The predicted octanol–water partition coefficient (Wildman–Crippen LogP) is 19.9. The van der Waals surface area contributed by atoms with Gasteiger partial charge in [-0.15, -0.1) is 11.3 Å². The summed E-state index contributed by atoms with van der Waals surface area (Å²) in [4.78, 5) is 7.70. The van der Waals surface area contributed by atoms with Crippen LogP contribution in [0.2, 0.25) is 0 Å². The van der Waals surface area contributed by atoms with Crippen molar-refractivity contribution >= 4 is 128 Å². The molecule has 404 valence electrons. The lowest BCUT2D eigenvalue weighted by atomic mass is 9.33. The minimum atomic E-state index is -0.167. The molecule has 0 fully saturated rings. The van der Waals surface area contributed by atoms with Gasteiger partial charge in [0.05, 0.1) is 11.0 Å². The minimum absolute atomic E-state index is 0.00398. The molecule has 0 N–H and O–H groups in total. The third-order valence-electron chi connectivity index (χ3n) is 17.6. The zero-order chi connectivity index (χ0) is 56.8. The summed E-state index contributed by atoms with van der Waals surface area (Å²) in [5.74, 6) is 0. The van der Waals surface area contributed by atoms with Gasteiger partial charge >= 0.3 is 0 Å². The summed E-state index contributed by atoms with van der Waals surface area (Å²) >= 11 is 1.89. The SMILES string of the molecule is CC(C)(C)c1ccc(N(c2ccc3c(c2)N(c2ccc(C(C)(C)C)cc2)c2cc(C(C)(C)C)cc4c2B3c2cc(C(C)(C)C)ccc2N4c2ccc3c(c2)sc2ccccc23)c2ccc3c4ccccc4n(-c4ccccc4)c3c2)cc1. The highest BCUT2D eigenvalue weighted by molar-refractivity contribution is 7.25. The maximum absolute atomic E-state index is 2.61. The summed E-state index contributed by atoms with van der Waals surface area (Å²) < 4.78 is 5.05. The van der Waals surface area contributed by atoms with Gasteiger partial charge in [0.1, 0.15) is 0 Å². The molecule has 2 aromatic heterocycles. The van der Waals surface area contributed by atoms with Crippen molar-refractivity contribution in [2.24, 2.45) is 0 Å². The number of benzene rings is 10. The Hall–Kier alpha value is -8.32. The fourth-order valence-electron chi connectivity index (χ4n) is 13.1. The van der Waals surface area contributed by atoms with E-state index in [2.05, 4.69) is 315 Å². The van der Waals surface area contributed by atoms with Crippen molar-refractivity contribution in [3.63, 3.8) is 0 Å². The fraction of sp³-hybridized carbons (Fsp3) is 0.211. The Morgan fingerprint density at radius 2 is 0.854 bits per heavy atom. The number of fused-ring (bicyclic) bond motifs is 10. The van der Waals surface area contributed by atoms with Crippen LogP contribution in [0.5, 0.6) is 0 Å². The van der Waals surface area contributed by atoms with E-state index >= 15 is 0 Å². The van der Waals surface area contributed by atoms with Gasteiger partial charge in [-0.2, -0.15) is 0 Å². The first-order valence-electron chi connectivity index (χ1n) is 29.3. The molecule has 10 aromatic carbocycles. The highest BCUT2D eigenvalue weighted by atomic mass is 32.1. The molecule has 0 saturated heterocycles. The lowest BCUT2D eigenvalue weighted by molar-refractivity contribution is 0.590. The molecule has 2 aliphatic rings. The molecule has 0 saturated carbocycles. The fourth-order valence-corrected chi connectivity index (χ4v) is 14.2. The molecule has 0 aliphatic carbocycles. The molecule has 2 aliphatic heterocycles. The molecular weight excluding hydrogens is 1010 g/mol. The molecule has 4 heterocycles. The predicted molar refractivity (Wildman–Crippen MR) is 357 cm³/mol. The van der Waals surface area contributed by atoms with Crippen LogP contribution in [0.25, 0.3) is 47.7 Å². The summed E-state index contributed by atoms with van der Waals surface area (Å²) in [7, 11) is 0. The molecule has 12 aromatic rings. The van der Waals surface area contributed by atoms with Crippen molar-refractivity contribution in [2.75, 3.05) is 14.7 Å². The van der Waals surface area contributed by atoms with E-state index in [1.54, 1.807) is 0 Å². The molecule has 0 atom stereocenters. The highest BCUT2D eigenvalue weighted by Crippen LogP contribution is 2.50. The first-order chi connectivity index (χ1) is 39.2. The minimum Gasteiger partial charge on any atom is -0.311 e. The molecule has 6 heteroatoms. The van der Waals surface area contributed by atoms with Gasteiger partial charge in [0.2, 0.25) is 0 Å². The van der Waals surface area contributed by atoms with Crippen LogP contribution in [-0.4, -0.2) is 11.3 Å². The zero-order valence-corrected chi connectivity index (χ0v) is 50.3. The summed E-state index contributed by atoms with van der Waals surface area (Å²) in [5.41, 5.74) is 22.9. The van der Waals surface area contributed by atoms with Crippen LogP contribution in [0.1, 0.15) is 105 Å². The van der Waals surface area contributed by atoms with Crippen molar-refractivity contribution in [2.45, 2.75) is 105 Å². The normalized spacial score (nSPS) is 13.5. The van der Waals surface area contributed by atoms with Gasteiger partial charge in [-0.3, -0.25) is 0 Å². The third-order valence-corrected chi connectivity index (χ3v) is 18.7. The Labute approximate surface area is 489 Å². The molecule has 0 radical (unpaired) electrons. The second kappa shape index (κ2) is 18.6. The van der Waals surface area contributed by atoms with E-state index < -0.39 is 0 Å². The number of thiophene rings is 1. The van der Waals surface area contributed by atoms with Gasteiger partial charge in [-0.05, 0) is 163 Å². The highest BCUT2D eigenvalue weighted by Gasteiger charge is 2.45. The average molecular weight is 1080 g/mol. The molecule has 0 amide bonds. The smallest absolute Gasteiger partial charge is 0.252 e. The van der Waals surface area contributed by atoms with E-state index in [4.69, 9.17) is 0 Å². The first kappa shape index (κ1) is 51.8. The van der Waals surface area contributed by atoms with Crippen molar-refractivity contribution in [1.82, 2.24) is 4.57 Å². The van der Waals surface area contributed by atoms with Crippen LogP contribution < -0.4 is 31.1 Å². The van der Waals surface area contributed by atoms with Crippen LogP contribution in [0.4, 0.5) is 51.2 Å². The van der Waals surface area contributed by atoms with Crippen LogP contribution in [0.15, 0.2) is 212 Å². The summed E-state index contributed by atoms with van der Waals surface area (Å²) in [5, 5.41) is 5.09. The maximum atomic E-state index is 2.61. The summed E-state index contributed by atoms with van der Waals surface area (Å²) in [6.45, 7) is 27.9. The number of hydrogen-bond acceptors (Lipinski definition) is 4. The van der Waals surface area contributed by atoms with Crippen LogP contribution in [0, 0.1) is 0 Å². The number of nitrogens with zero attached hydrogens (tertiary/aromatic N) is 4. The van der Waals surface area contributed by atoms with E-state index in [9.17, 15) is 0 Å². The van der Waals surface area contributed by atoms with Crippen molar-refractivity contribution in [1.29, 1.82) is 0 Å². The topological polar surface area (TPSA) is 14.7 Å². The molecule has 0 unspecified atom stereocenters. The number of anilines is 9. The Balaban J connectivity index is 1.05. The van der Waals surface area contributed by atoms with E-state index in [-0.39, 0.29) is 28.4 Å². The van der Waals surface area contributed by atoms with Gasteiger partial charge in [0, 0.05) is 87.8 Å². The summed E-state index contributed by atoms with van der Waals surface area (Å²) in [6.07, 6.45) is 0. The standard InChI is InChI=1S/C76H71BN4S/c1-73(2,3)48-26-31-53(32-27-48)78(55-35-38-59-58-22-16-18-24-64(58)79(66(59)45-55)52-20-14-13-15-21-52)56-37-40-62-67(46-56)80(54-33-28-49(29-34-54)74(4,5)6)68-43-51(76(10,11)12)44-69-72(68)77(62)63-42-50(75(7,8)9)30-41-65(63)81(69)57-36-39-61-60-23-17-19-25-70(60)82-71(61)47-57/h13-47H,1-12H3. The molecule has 0 spiro atoms. The third kappa shape index (κ3) is 8.47. The summed E-state index contributed by atoms with van der Waals surface area (Å²) in [6, 6.07) is 81.3. The molecule has 0 bridgehead atoms. The van der Waals surface area contributed by atoms with Gasteiger partial charge in [0.25, 0.3) is 6.71 Å². The van der Waals surface area contributed by atoms with Crippen LogP contribution in [0.3, 0.4) is 0 Å². The average Bonchev–Trinajstić information content (AvgIpc) is 1.00. The van der Waals surface area contributed by atoms with E-state index in [1.807, 2.05) is 11.3 Å². The van der Waals surface area contributed by atoms with E-state index in [1.165, 1.54) is 109 Å². The molecular formula is C76H71BN4S. The second-order valence-corrected chi connectivity index (χ2v) is 28.2. The Kier molecular flexibility index (Phi) is 11.8. The van der Waals surface area contributed by atoms with Gasteiger partial charge in [0.15, 0.2) is 0 Å². The molecule has 14 rings (SSSR count). The van der Waals surface area contributed by atoms with Gasteiger partial charge < -0.3 is 19.3 Å².